The first-order valence-corrected chi connectivity index (χ1v) is 9.42. The van der Waals surface area contributed by atoms with Gasteiger partial charge in [0.15, 0.2) is 0 Å². The predicted octanol–water partition coefficient (Wildman–Crippen LogP) is 4.39. The van der Waals surface area contributed by atoms with Crippen LogP contribution in [-0.2, 0) is 6.42 Å². The van der Waals surface area contributed by atoms with Crippen molar-refractivity contribution in [3.05, 3.63) is 58.5 Å². The lowest BCUT2D eigenvalue weighted by Crippen LogP contribution is -2.24. The number of thiophene rings is 1. The maximum absolute atomic E-state index is 13.5. The summed E-state index contributed by atoms with van der Waals surface area (Å²) in [7, 11) is 0. The van der Waals surface area contributed by atoms with E-state index in [0.717, 1.165) is 30.6 Å². The van der Waals surface area contributed by atoms with Gasteiger partial charge in [0.1, 0.15) is 5.82 Å². The molecule has 0 fully saturated rings. The fourth-order valence-corrected chi connectivity index (χ4v) is 3.13. The molecule has 0 aliphatic rings. The Hall–Kier alpha value is -2.54. The Bertz CT molecular complexity index is 862. The zero-order valence-electron chi connectivity index (χ0n) is 14.5. The molecule has 7 heteroatoms. The Morgan fingerprint density at radius 2 is 2.15 bits per heavy atom. The van der Waals surface area contributed by atoms with Gasteiger partial charge in [-0.1, -0.05) is 23.7 Å². The average molecular weight is 373 g/mol. The highest BCUT2D eigenvalue weighted by Gasteiger charge is 2.09. The van der Waals surface area contributed by atoms with E-state index >= 15 is 0 Å². The monoisotopic (exact) mass is 373 g/mol. The van der Waals surface area contributed by atoms with E-state index in [-0.39, 0.29) is 11.7 Å². The minimum atomic E-state index is -0.362. The Labute approximate surface area is 155 Å². The van der Waals surface area contributed by atoms with Crippen LogP contribution in [0.15, 0.2) is 40.2 Å². The van der Waals surface area contributed by atoms with E-state index in [1.165, 1.54) is 6.07 Å². The molecule has 1 amide bonds. The number of unbranched alkanes of at least 4 members (excludes halogenated alkanes) is 2. The molecule has 1 aromatic carbocycles. The van der Waals surface area contributed by atoms with Gasteiger partial charge in [-0.05, 0) is 48.9 Å². The van der Waals surface area contributed by atoms with Crippen LogP contribution in [0.3, 0.4) is 0 Å². The van der Waals surface area contributed by atoms with E-state index in [0.29, 0.717) is 29.4 Å². The van der Waals surface area contributed by atoms with E-state index in [1.807, 2.05) is 17.5 Å². The van der Waals surface area contributed by atoms with Gasteiger partial charge in [-0.15, -0.1) is 11.3 Å². The van der Waals surface area contributed by atoms with Gasteiger partial charge < -0.3 is 9.84 Å². The number of nitrogens with zero attached hydrogens (tertiary/aromatic N) is 2. The lowest BCUT2D eigenvalue weighted by atomic mass is 10.1. The van der Waals surface area contributed by atoms with Crippen LogP contribution < -0.4 is 5.32 Å². The highest BCUT2D eigenvalue weighted by Crippen LogP contribution is 2.21. The second kappa shape index (κ2) is 8.71. The summed E-state index contributed by atoms with van der Waals surface area (Å²) >= 11 is 1.58. The van der Waals surface area contributed by atoms with Crippen LogP contribution in [0.2, 0.25) is 0 Å². The van der Waals surface area contributed by atoms with Crippen LogP contribution in [-0.4, -0.2) is 22.6 Å². The van der Waals surface area contributed by atoms with Crippen molar-refractivity contribution < 1.29 is 13.7 Å². The second-order valence-corrected chi connectivity index (χ2v) is 6.97. The molecule has 0 saturated heterocycles. The first kappa shape index (κ1) is 18.3. The Morgan fingerprint density at radius 1 is 1.27 bits per heavy atom. The molecule has 0 aliphatic heterocycles. The van der Waals surface area contributed by atoms with E-state index in [9.17, 15) is 9.18 Å². The zero-order chi connectivity index (χ0) is 18.4. The topological polar surface area (TPSA) is 68.0 Å². The molecule has 0 unspecified atom stereocenters. The molecule has 0 saturated carbocycles. The molecule has 3 rings (SSSR count). The van der Waals surface area contributed by atoms with Gasteiger partial charge in [-0.25, -0.2) is 4.39 Å². The Balaban J connectivity index is 1.34. The van der Waals surface area contributed by atoms with E-state index < -0.39 is 0 Å². The summed E-state index contributed by atoms with van der Waals surface area (Å²) < 4.78 is 18.7. The predicted molar refractivity (Wildman–Crippen MR) is 98.6 cm³/mol. The Morgan fingerprint density at radius 3 is 2.92 bits per heavy atom. The number of nitrogens with one attached hydrogen (secondary N) is 1. The molecule has 5 nitrogen and oxygen atoms in total. The molecule has 2 heterocycles. The third kappa shape index (κ3) is 4.76. The number of aromatic nitrogens is 2. The molecule has 3 aromatic rings. The summed E-state index contributed by atoms with van der Waals surface area (Å²) in [6.07, 6.45) is 3.39. The fourth-order valence-electron chi connectivity index (χ4n) is 2.48. The van der Waals surface area contributed by atoms with Gasteiger partial charge >= 0.3 is 0 Å². The second-order valence-electron chi connectivity index (χ2n) is 6.02. The highest BCUT2D eigenvalue weighted by molar-refractivity contribution is 7.13. The largest absolute Gasteiger partial charge is 0.352 e. The van der Waals surface area contributed by atoms with Gasteiger partial charge in [0, 0.05) is 18.5 Å². The molecular weight excluding hydrogens is 353 g/mol. The highest BCUT2D eigenvalue weighted by atomic mass is 32.1. The van der Waals surface area contributed by atoms with Crippen LogP contribution >= 0.6 is 11.3 Å². The third-order valence-electron chi connectivity index (χ3n) is 4.00. The van der Waals surface area contributed by atoms with Crippen molar-refractivity contribution in [3.8, 4) is 10.7 Å². The number of aryl methyl sites for hydroxylation is 2. The molecule has 1 N–H and O–H groups in total. The molecule has 0 radical (unpaired) electrons. The first-order chi connectivity index (χ1) is 12.6. The summed E-state index contributed by atoms with van der Waals surface area (Å²) in [4.78, 5) is 17.3. The van der Waals surface area contributed by atoms with E-state index in [4.69, 9.17) is 4.52 Å². The van der Waals surface area contributed by atoms with Gasteiger partial charge in [0.25, 0.3) is 5.91 Å². The normalized spacial score (nSPS) is 10.8. The van der Waals surface area contributed by atoms with Crippen molar-refractivity contribution >= 4 is 17.2 Å². The van der Waals surface area contributed by atoms with Gasteiger partial charge in [-0.3, -0.25) is 4.79 Å². The number of halogens is 1. The summed E-state index contributed by atoms with van der Waals surface area (Å²) in [6, 6.07) is 8.43. The minimum absolute atomic E-state index is 0.249. The summed E-state index contributed by atoms with van der Waals surface area (Å²) in [5, 5.41) is 8.77. The molecular formula is C19H20FN3O2S. The quantitative estimate of drug-likeness (QED) is 0.595. The van der Waals surface area contributed by atoms with Gasteiger partial charge in [0.05, 0.1) is 4.88 Å². The number of hydrogen-bond donors (Lipinski definition) is 1. The smallest absolute Gasteiger partial charge is 0.251 e. The van der Waals surface area contributed by atoms with Crippen LogP contribution in [0.5, 0.6) is 0 Å². The Kier molecular flexibility index (Phi) is 6.12. The summed E-state index contributed by atoms with van der Waals surface area (Å²) in [5.41, 5.74) is 0.880. The number of carbonyl (C=O) groups is 1. The van der Waals surface area contributed by atoms with Crippen LogP contribution in [0.25, 0.3) is 10.7 Å². The standard InChI is InChI=1S/C19H20FN3O2S/c1-13-8-9-14(12-15(13)20)19(24)21-10-4-2-3-7-17-22-18(23-25-17)16-6-5-11-26-16/h5-6,8-9,11-12H,2-4,7,10H2,1H3,(H,21,24). The zero-order valence-corrected chi connectivity index (χ0v) is 15.3. The van der Waals surface area contributed by atoms with Crippen LogP contribution in [0.1, 0.15) is 41.1 Å². The number of hydrogen-bond acceptors (Lipinski definition) is 5. The first-order valence-electron chi connectivity index (χ1n) is 8.54. The average Bonchev–Trinajstić information content (AvgIpc) is 3.31. The van der Waals surface area contributed by atoms with Gasteiger partial charge in [0.2, 0.25) is 11.7 Å². The number of benzene rings is 1. The van der Waals surface area contributed by atoms with Gasteiger partial charge in [-0.2, -0.15) is 4.98 Å². The van der Waals surface area contributed by atoms with Crippen molar-refractivity contribution in [2.24, 2.45) is 0 Å². The maximum Gasteiger partial charge on any atom is 0.251 e. The molecule has 0 atom stereocenters. The third-order valence-corrected chi connectivity index (χ3v) is 4.86. The van der Waals surface area contributed by atoms with Crippen LogP contribution in [0, 0.1) is 12.7 Å². The molecule has 0 spiro atoms. The van der Waals surface area contributed by atoms with Crippen molar-refractivity contribution in [2.75, 3.05) is 6.54 Å². The lowest BCUT2D eigenvalue weighted by Gasteiger charge is -2.06. The van der Waals surface area contributed by atoms with Crippen molar-refractivity contribution in [3.63, 3.8) is 0 Å². The number of carbonyl (C=O) groups excluding carboxylic acids is 1. The minimum Gasteiger partial charge on any atom is -0.352 e. The molecule has 136 valence electrons. The molecule has 26 heavy (non-hydrogen) atoms. The maximum atomic E-state index is 13.5. The van der Waals surface area contributed by atoms with Crippen molar-refractivity contribution in [1.82, 2.24) is 15.5 Å². The lowest BCUT2D eigenvalue weighted by molar-refractivity contribution is 0.0952. The van der Waals surface area contributed by atoms with Crippen molar-refractivity contribution in [1.29, 1.82) is 0 Å². The molecule has 2 aromatic heterocycles. The molecule has 0 bridgehead atoms. The SMILES string of the molecule is Cc1ccc(C(=O)NCCCCCc2nc(-c3cccs3)no2)cc1F. The number of rotatable bonds is 8. The number of amides is 1. The fraction of sp³-hybridized carbons (Fsp3) is 0.316. The van der Waals surface area contributed by atoms with E-state index in [2.05, 4.69) is 15.5 Å². The summed E-state index contributed by atoms with van der Waals surface area (Å²) in [5.74, 6) is 0.653. The van der Waals surface area contributed by atoms with Crippen molar-refractivity contribution in [2.45, 2.75) is 32.6 Å². The van der Waals surface area contributed by atoms with E-state index in [1.54, 1.807) is 30.4 Å². The summed E-state index contributed by atoms with van der Waals surface area (Å²) in [6.45, 7) is 2.22. The molecule has 0 aliphatic carbocycles. The van der Waals surface area contributed by atoms with Crippen LogP contribution in [0.4, 0.5) is 4.39 Å².